The van der Waals surface area contributed by atoms with Crippen molar-refractivity contribution in [1.82, 2.24) is 0 Å². The van der Waals surface area contributed by atoms with Crippen LogP contribution in [-0.2, 0) is 10.0 Å². The van der Waals surface area contributed by atoms with Gasteiger partial charge in [0.1, 0.15) is 0 Å². The van der Waals surface area contributed by atoms with Gasteiger partial charge < -0.3 is 0 Å². The Kier molecular flexibility index (Phi) is 5.38. The molecule has 1 aliphatic rings. The molecular formula is C17H17ClINO2S. The van der Waals surface area contributed by atoms with Crippen LogP contribution in [-0.4, -0.2) is 16.6 Å². The van der Waals surface area contributed by atoms with E-state index < -0.39 is 29.8 Å². The van der Waals surface area contributed by atoms with Crippen LogP contribution in [0, 0.1) is 3.57 Å². The summed E-state index contributed by atoms with van der Waals surface area (Å²) < 4.78 is 32.7. The Labute approximate surface area is 149 Å². The second-order valence-corrected chi connectivity index (χ2v) is 12.9. The molecule has 122 valence electrons. The van der Waals surface area contributed by atoms with Gasteiger partial charge in [-0.1, -0.05) is 0 Å². The van der Waals surface area contributed by atoms with E-state index >= 15 is 0 Å². The first kappa shape index (κ1) is 16.9. The van der Waals surface area contributed by atoms with Crippen LogP contribution >= 0.6 is 31.4 Å². The van der Waals surface area contributed by atoms with Crippen molar-refractivity contribution in [1.29, 1.82) is 0 Å². The zero-order valence-corrected chi connectivity index (χ0v) is 16.2. The molecule has 1 saturated heterocycles. The molecule has 0 N–H and O–H groups in total. The minimum atomic E-state index is -3.65. The van der Waals surface area contributed by atoms with Gasteiger partial charge in [-0.05, 0) is 0 Å². The molecule has 0 bridgehead atoms. The summed E-state index contributed by atoms with van der Waals surface area (Å²) in [5.41, 5.74) is 0. The van der Waals surface area contributed by atoms with Crippen LogP contribution < -0.4 is 0 Å². The van der Waals surface area contributed by atoms with E-state index in [-0.39, 0.29) is 4.90 Å². The van der Waals surface area contributed by atoms with Gasteiger partial charge in [-0.2, -0.15) is 0 Å². The molecule has 0 saturated carbocycles. The van der Waals surface area contributed by atoms with Crippen molar-refractivity contribution >= 4 is 45.2 Å². The van der Waals surface area contributed by atoms with Crippen molar-refractivity contribution in [3.05, 3.63) is 63.2 Å². The molecule has 0 unspecified atom stereocenters. The molecule has 1 heterocycles. The predicted molar refractivity (Wildman–Crippen MR) is 104 cm³/mol. The fraction of sp³-hybridized carbons (Fsp3) is 0.235. The maximum absolute atomic E-state index is 12.6. The predicted octanol–water partition coefficient (Wildman–Crippen LogP) is 4.99. The van der Waals surface area contributed by atoms with E-state index in [0.29, 0.717) is 5.02 Å². The van der Waals surface area contributed by atoms with Crippen molar-refractivity contribution in [3.63, 3.8) is 0 Å². The van der Waals surface area contributed by atoms with Crippen LogP contribution in [0.15, 0.2) is 63.9 Å². The van der Waals surface area contributed by atoms with E-state index in [4.69, 9.17) is 11.6 Å². The van der Waals surface area contributed by atoms with Gasteiger partial charge in [0.15, 0.2) is 0 Å². The third-order valence-corrected chi connectivity index (χ3v) is 11.8. The molecule has 2 aromatic rings. The first-order chi connectivity index (χ1) is 11.1. The van der Waals surface area contributed by atoms with Crippen LogP contribution in [0.4, 0.5) is 0 Å². The molecule has 0 aromatic heterocycles. The topological polar surface area (TPSA) is 46.5 Å². The van der Waals surface area contributed by atoms with Crippen molar-refractivity contribution in [2.24, 2.45) is 4.40 Å². The van der Waals surface area contributed by atoms with Crippen LogP contribution in [0.5, 0.6) is 0 Å². The summed E-state index contributed by atoms with van der Waals surface area (Å²) in [5, 5.41) is 0.520. The van der Waals surface area contributed by atoms with Gasteiger partial charge in [0, 0.05) is 0 Å². The van der Waals surface area contributed by atoms with Crippen LogP contribution in [0.3, 0.4) is 0 Å². The second kappa shape index (κ2) is 7.32. The van der Waals surface area contributed by atoms with Crippen molar-refractivity contribution in [3.8, 4) is 0 Å². The fourth-order valence-corrected chi connectivity index (χ4v) is 10.6. The summed E-state index contributed by atoms with van der Waals surface area (Å²) in [6, 6.07) is 16.5. The fourth-order valence-electron chi connectivity index (χ4n) is 2.40. The number of benzene rings is 2. The molecule has 0 radical (unpaired) electrons. The number of halogens is 2. The summed E-state index contributed by atoms with van der Waals surface area (Å²) in [7, 11) is -3.65. The Hall–Kier alpha value is -0.920. The molecule has 0 amide bonds. The van der Waals surface area contributed by atoms with Crippen molar-refractivity contribution < 1.29 is 8.42 Å². The zero-order chi connectivity index (χ0) is 16.3. The summed E-state index contributed by atoms with van der Waals surface area (Å²) in [5.74, 6) is 0. The molecule has 1 aliphatic heterocycles. The molecule has 0 spiro atoms. The summed E-state index contributed by atoms with van der Waals surface area (Å²) >= 11 is 4.14. The number of hydrogen-bond donors (Lipinski definition) is 0. The van der Waals surface area contributed by atoms with E-state index in [2.05, 4.69) is 16.5 Å². The van der Waals surface area contributed by atoms with Crippen molar-refractivity contribution in [2.45, 2.75) is 24.2 Å². The van der Waals surface area contributed by atoms with Crippen LogP contribution in [0.1, 0.15) is 19.3 Å². The Morgan fingerprint density at radius 1 is 0.957 bits per heavy atom. The first-order valence-corrected chi connectivity index (χ1v) is 12.9. The average Bonchev–Trinajstić information content (AvgIpc) is 2.56. The quantitative estimate of drug-likeness (QED) is 0.478. The summed E-state index contributed by atoms with van der Waals surface area (Å²) in [6.45, 7) is 0. The molecule has 0 aliphatic carbocycles. The number of alkyl halides is 1. The standard InChI is InChI=1S/C17H17ClINO2S/c18-14-9-11-16(12-10-14)23(21,22)20-17-8-4-5-13-19(17)15-6-2-1-3-7-15/h1-3,6-7,9-12H,4-5,8,13H2. The minimum absolute atomic E-state index is 0.212. The van der Waals surface area contributed by atoms with E-state index in [9.17, 15) is 8.42 Å². The van der Waals surface area contributed by atoms with E-state index in [1.54, 1.807) is 12.1 Å². The molecule has 2 aromatic carbocycles. The number of sulfonamides is 1. The Morgan fingerprint density at radius 2 is 1.65 bits per heavy atom. The van der Waals surface area contributed by atoms with Gasteiger partial charge in [-0.25, -0.2) is 0 Å². The van der Waals surface area contributed by atoms with Gasteiger partial charge in [0.25, 0.3) is 0 Å². The molecule has 3 nitrogen and oxygen atoms in total. The zero-order valence-electron chi connectivity index (χ0n) is 12.5. The average molecular weight is 462 g/mol. The van der Waals surface area contributed by atoms with Crippen LogP contribution in [0.2, 0.25) is 5.02 Å². The number of nitrogens with zero attached hydrogens (tertiary/aromatic N) is 1. The van der Waals surface area contributed by atoms with Crippen molar-refractivity contribution in [2.75, 3.05) is 4.43 Å². The normalized spacial score (nSPS) is 19.0. The molecule has 1 fully saturated rings. The van der Waals surface area contributed by atoms with Crippen LogP contribution in [0.25, 0.3) is 0 Å². The summed E-state index contributed by atoms with van der Waals surface area (Å²) in [6.07, 6.45) is 2.99. The Balaban J connectivity index is 1.96. The van der Waals surface area contributed by atoms with E-state index in [0.717, 1.165) is 21.0 Å². The van der Waals surface area contributed by atoms with Gasteiger partial charge in [0.2, 0.25) is 0 Å². The molecule has 0 atom stereocenters. The van der Waals surface area contributed by atoms with Gasteiger partial charge in [0.05, 0.1) is 0 Å². The SMILES string of the molecule is O=S(=O)(N=C1CCCCI1c1ccccc1)c1ccc(Cl)cc1. The molecule has 6 heteroatoms. The van der Waals surface area contributed by atoms with Gasteiger partial charge in [-0.15, -0.1) is 0 Å². The molecule has 3 rings (SSSR count). The van der Waals surface area contributed by atoms with Gasteiger partial charge in [-0.3, -0.25) is 0 Å². The van der Waals surface area contributed by atoms with E-state index in [1.807, 2.05) is 18.2 Å². The number of hydrogen-bond acceptors (Lipinski definition) is 2. The summed E-state index contributed by atoms with van der Waals surface area (Å²) in [4.78, 5) is 0.212. The maximum atomic E-state index is 12.6. The second-order valence-electron chi connectivity index (χ2n) is 5.20. The Morgan fingerprint density at radius 3 is 2.35 bits per heavy atom. The first-order valence-electron chi connectivity index (χ1n) is 7.36. The molecule has 23 heavy (non-hydrogen) atoms. The molecular weight excluding hydrogens is 445 g/mol. The Bertz CT molecular complexity index is 804. The monoisotopic (exact) mass is 461 g/mol. The third-order valence-electron chi connectivity index (χ3n) is 3.55. The third kappa shape index (κ3) is 4.14. The van der Waals surface area contributed by atoms with E-state index in [1.165, 1.54) is 22.1 Å². The van der Waals surface area contributed by atoms with Gasteiger partial charge >= 0.3 is 150 Å². The number of rotatable bonds is 3.